The van der Waals surface area contributed by atoms with E-state index in [4.69, 9.17) is 0 Å². The molecule has 106 valence electrons. The average molecular weight is 269 g/mol. The second-order valence-electron chi connectivity index (χ2n) is 5.32. The van der Waals surface area contributed by atoms with Crippen LogP contribution in [0.25, 0.3) is 10.9 Å². The van der Waals surface area contributed by atoms with Gasteiger partial charge in [-0.3, -0.25) is 4.98 Å². The Hall–Kier alpha value is -1.67. The second kappa shape index (κ2) is 7.20. The van der Waals surface area contributed by atoms with Gasteiger partial charge in [0.1, 0.15) is 0 Å². The first kappa shape index (κ1) is 14.7. The number of aliphatic hydroxyl groups excluding tert-OH is 1. The summed E-state index contributed by atoms with van der Waals surface area (Å²) in [5.74, 6) is 0. The van der Waals surface area contributed by atoms with E-state index in [1.54, 1.807) is 0 Å². The maximum Gasteiger partial charge on any atom is 0.0960 e. The molecule has 0 fully saturated rings. The lowest BCUT2D eigenvalue weighted by Crippen LogP contribution is -2.02. The molecule has 2 heteroatoms. The molecule has 1 heterocycles. The number of nitrogens with zero attached hydrogens (tertiary/aromatic N) is 1. The van der Waals surface area contributed by atoms with E-state index in [-0.39, 0.29) is 0 Å². The van der Waals surface area contributed by atoms with Crippen molar-refractivity contribution in [2.24, 2.45) is 0 Å². The summed E-state index contributed by atoms with van der Waals surface area (Å²) in [6, 6.07) is 10.1. The molecule has 1 aromatic carbocycles. The van der Waals surface area contributed by atoms with Crippen molar-refractivity contribution in [3.63, 3.8) is 0 Å². The van der Waals surface area contributed by atoms with E-state index in [0.717, 1.165) is 48.7 Å². The summed E-state index contributed by atoms with van der Waals surface area (Å²) < 4.78 is 0. The van der Waals surface area contributed by atoms with Crippen LogP contribution in [0.3, 0.4) is 0 Å². The highest BCUT2D eigenvalue weighted by atomic mass is 16.3. The van der Waals surface area contributed by atoms with Crippen LogP contribution < -0.4 is 0 Å². The standard InChI is InChI=1S/C18H23NO/c1-3-4-5-6-7-12-18(20)17-13-14(2)15-10-8-9-11-16(15)19-17/h3,8-11,13,18,20H,1,4-7,12H2,2H3. The number of allylic oxidation sites excluding steroid dienone is 1. The molecule has 0 saturated carbocycles. The van der Waals surface area contributed by atoms with Crippen molar-refractivity contribution in [2.75, 3.05) is 0 Å². The molecule has 2 aromatic rings. The average Bonchev–Trinajstić information content (AvgIpc) is 2.47. The summed E-state index contributed by atoms with van der Waals surface area (Å²) in [5, 5.41) is 11.4. The number of fused-ring (bicyclic) bond motifs is 1. The van der Waals surface area contributed by atoms with Crippen molar-refractivity contribution in [1.29, 1.82) is 0 Å². The zero-order valence-electron chi connectivity index (χ0n) is 12.2. The first-order chi connectivity index (χ1) is 9.72. The van der Waals surface area contributed by atoms with Crippen LogP contribution in [0.2, 0.25) is 0 Å². The first-order valence-corrected chi connectivity index (χ1v) is 7.37. The Morgan fingerprint density at radius 1 is 1.25 bits per heavy atom. The number of para-hydroxylation sites is 1. The Kier molecular flexibility index (Phi) is 5.31. The first-order valence-electron chi connectivity index (χ1n) is 7.37. The molecule has 1 N–H and O–H groups in total. The van der Waals surface area contributed by atoms with E-state index in [1.165, 1.54) is 5.56 Å². The molecule has 0 aliphatic rings. The van der Waals surface area contributed by atoms with Crippen molar-refractivity contribution in [1.82, 2.24) is 4.98 Å². The molecule has 1 aromatic heterocycles. The highest BCUT2D eigenvalue weighted by Crippen LogP contribution is 2.24. The SMILES string of the molecule is C=CCCCCCC(O)c1cc(C)c2ccccc2n1. The molecular weight excluding hydrogens is 246 g/mol. The lowest BCUT2D eigenvalue weighted by atomic mass is 10.0. The molecule has 0 bridgehead atoms. The highest BCUT2D eigenvalue weighted by Gasteiger charge is 2.11. The van der Waals surface area contributed by atoms with Crippen molar-refractivity contribution in [3.05, 3.63) is 54.2 Å². The second-order valence-corrected chi connectivity index (χ2v) is 5.32. The number of rotatable bonds is 7. The maximum absolute atomic E-state index is 10.3. The van der Waals surface area contributed by atoms with Gasteiger partial charge in [0.2, 0.25) is 0 Å². The van der Waals surface area contributed by atoms with Crippen molar-refractivity contribution in [2.45, 2.75) is 45.1 Å². The zero-order valence-corrected chi connectivity index (χ0v) is 12.2. The van der Waals surface area contributed by atoms with Crippen LogP contribution in [0.5, 0.6) is 0 Å². The molecule has 2 rings (SSSR count). The number of unbranched alkanes of at least 4 members (excludes halogenated alkanes) is 3. The third-order valence-electron chi connectivity index (χ3n) is 3.67. The fourth-order valence-electron chi connectivity index (χ4n) is 2.50. The summed E-state index contributed by atoms with van der Waals surface area (Å²) in [6.07, 6.45) is 6.65. The van der Waals surface area contributed by atoms with Crippen molar-refractivity contribution >= 4 is 10.9 Å². The third-order valence-corrected chi connectivity index (χ3v) is 3.67. The van der Waals surface area contributed by atoms with E-state index in [1.807, 2.05) is 30.3 Å². The topological polar surface area (TPSA) is 33.1 Å². The summed E-state index contributed by atoms with van der Waals surface area (Å²) >= 11 is 0. The minimum absolute atomic E-state index is 0.456. The van der Waals surface area contributed by atoms with Crippen molar-refractivity contribution < 1.29 is 5.11 Å². The summed E-state index contributed by atoms with van der Waals surface area (Å²) in [7, 11) is 0. The van der Waals surface area contributed by atoms with Gasteiger partial charge in [-0.25, -0.2) is 0 Å². The molecule has 1 unspecified atom stereocenters. The van der Waals surface area contributed by atoms with Gasteiger partial charge < -0.3 is 5.11 Å². The van der Waals surface area contributed by atoms with Gasteiger partial charge in [0.25, 0.3) is 0 Å². The number of hydrogen-bond donors (Lipinski definition) is 1. The summed E-state index contributed by atoms with van der Waals surface area (Å²) in [4.78, 5) is 4.58. The Labute approximate surface area is 121 Å². The van der Waals surface area contributed by atoms with Gasteiger partial charge in [-0.05, 0) is 43.9 Å². The number of benzene rings is 1. The van der Waals surface area contributed by atoms with Gasteiger partial charge in [0.15, 0.2) is 0 Å². The number of aromatic nitrogens is 1. The molecule has 20 heavy (non-hydrogen) atoms. The van der Waals surface area contributed by atoms with Gasteiger partial charge >= 0.3 is 0 Å². The van der Waals surface area contributed by atoms with E-state index >= 15 is 0 Å². The predicted molar refractivity (Wildman–Crippen MR) is 84.7 cm³/mol. The van der Waals surface area contributed by atoms with E-state index in [2.05, 4.69) is 24.6 Å². The quantitative estimate of drug-likeness (QED) is 0.583. The van der Waals surface area contributed by atoms with Gasteiger partial charge in [0, 0.05) is 5.39 Å². The van der Waals surface area contributed by atoms with Crippen LogP contribution in [0.15, 0.2) is 43.0 Å². The molecule has 2 nitrogen and oxygen atoms in total. The Balaban J connectivity index is 2.02. The Bertz CT molecular complexity index is 577. The molecule has 0 aliphatic carbocycles. The fraction of sp³-hybridized carbons (Fsp3) is 0.389. The minimum Gasteiger partial charge on any atom is -0.387 e. The summed E-state index contributed by atoms with van der Waals surface area (Å²) in [5.41, 5.74) is 2.94. The Morgan fingerprint density at radius 3 is 2.85 bits per heavy atom. The minimum atomic E-state index is -0.456. The monoisotopic (exact) mass is 269 g/mol. The van der Waals surface area contributed by atoms with Crippen LogP contribution in [-0.4, -0.2) is 10.1 Å². The smallest absolute Gasteiger partial charge is 0.0960 e. The molecule has 1 atom stereocenters. The number of hydrogen-bond acceptors (Lipinski definition) is 2. The zero-order chi connectivity index (χ0) is 14.4. The highest BCUT2D eigenvalue weighted by molar-refractivity contribution is 5.82. The van der Waals surface area contributed by atoms with E-state index in [0.29, 0.717) is 0 Å². The van der Waals surface area contributed by atoms with Gasteiger partial charge in [-0.1, -0.05) is 37.1 Å². The molecule has 0 spiro atoms. The number of pyridine rings is 1. The number of aryl methyl sites for hydroxylation is 1. The fourth-order valence-corrected chi connectivity index (χ4v) is 2.50. The molecule has 0 aliphatic heterocycles. The van der Waals surface area contributed by atoms with Gasteiger partial charge in [0.05, 0.1) is 17.3 Å². The van der Waals surface area contributed by atoms with Crippen LogP contribution in [0, 0.1) is 6.92 Å². The van der Waals surface area contributed by atoms with Crippen LogP contribution in [0.4, 0.5) is 0 Å². The summed E-state index contributed by atoms with van der Waals surface area (Å²) in [6.45, 7) is 5.79. The van der Waals surface area contributed by atoms with E-state index < -0.39 is 6.10 Å². The molecule has 0 radical (unpaired) electrons. The lowest BCUT2D eigenvalue weighted by Gasteiger charge is -2.12. The third kappa shape index (κ3) is 3.67. The van der Waals surface area contributed by atoms with Gasteiger partial charge in [-0.15, -0.1) is 6.58 Å². The van der Waals surface area contributed by atoms with Crippen molar-refractivity contribution in [3.8, 4) is 0 Å². The largest absolute Gasteiger partial charge is 0.387 e. The van der Waals surface area contributed by atoms with Gasteiger partial charge in [-0.2, -0.15) is 0 Å². The predicted octanol–water partition coefficient (Wildman–Crippen LogP) is 4.71. The van der Waals surface area contributed by atoms with E-state index in [9.17, 15) is 5.11 Å². The molecule has 0 amide bonds. The van der Waals surface area contributed by atoms with Crippen LogP contribution in [-0.2, 0) is 0 Å². The van der Waals surface area contributed by atoms with Crippen LogP contribution in [0.1, 0.15) is 49.5 Å². The maximum atomic E-state index is 10.3. The number of aliphatic hydroxyl groups is 1. The molecule has 0 saturated heterocycles. The Morgan fingerprint density at radius 2 is 2.05 bits per heavy atom. The molecular formula is C18H23NO. The van der Waals surface area contributed by atoms with Crippen LogP contribution >= 0.6 is 0 Å². The lowest BCUT2D eigenvalue weighted by molar-refractivity contribution is 0.159. The normalized spacial score (nSPS) is 12.5.